The molecule has 1 amide bonds. The molecule has 26 heavy (non-hydrogen) atoms. The predicted octanol–water partition coefficient (Wildman–Crippen LogP) is 5.27. The van der Waals surface area contributed by atoms with Crippen molar-refractivity contribution >= 4 is 40.3 Å². The van der Waals surface area contributed by atoms with Crippen molar-refractivity contribution in [3.05, 3.63) is 70.1 Å². The maximum atomic E-state index is 11.7. The summed E-state index contributed by atoms with van der Waals surface area (Å²) in [6.45, 7) is 4.94. The Labute approximate surface area is 163 Å². The molecule has 134 valence electrons. The van der Waals surface area contributed by atoms with Gasteiger partial charge in [-0.2, -0.15) is 0 Å². The Morgan fingerprint density at radius 3 is 2.42 bits per heavy atom. The van der Waals surface area contributed by atoms with E-state index in [4.69, 9.17) is 17.0 Å². The highest BCUT2D eigenvalue weighted by Crippen LogP contribution is 2.26. The molecule has 0 saturated carbocycles. The largest absolute Gasteiger partial charge is 0.489 e. The van der Waals surface area contributed by atoms with Crippen LogP contribution in [0.25, 0.3) is 6.08 Å². The minimum absolute atomic E-state index is 0.131. The highest BCUT2D eigenvalue weighted by atomic mass is 32.2. The molecule has 0 aliphatic carbocycles. The first-order valence-corrected chi connectivity index (χ1v) is 9.84. The third kappa shape index (κ3) is 4.74. The monoisotopic (exact) mass is 383 g/mol. The lowest BCUT2D eigenvalue weighted by Gasteiger charge is -2.11. The molecule has 1 N–H and O–H groups in total. The van der Waals surface area contributed by atoms with Gasteiger partial charge in [0.1, 0.15) is 16.7 Å². The van der Waals surface area contributed by atoms with Gasteiger partial charge in [0, 0.05) is 0 Å². The molecule has 1 heterocycles. The molecule has 0 aromatic heterocycles. The minimum Gasteiger partial charge on any atom is -0.489 e. The van der Waals surface area contributed by atoms with Crippen LogP contribution < -0.4 is 10.1 Å². The number of rotatable bonds is 6. The van der Waals surface area contributed by atoms with Gasteiger partial charge in [0.05, 0.1) is 4.91 Å². The molecule has 2 aromatic carbocycles. The van der Waals surface area contributed by atoms with E-state index in [1.807, 2.05) is 42.5 Å². The Kier molecular flexibility index (Phi) is 6.12. The van der Waals surface area contributed by atoms with Crippen LogP contribution >= 0.6 is 24.0 Å². The SMILES string of the molecule is CCC(C)c1ccc(OCc2ccc(C=C3SC(=S)NC3=O)cc2)cc1. The summed E-state index contributed by atoms with van der Waals surface area (Å²) in [4.78, 5) is 12.3. The number of nitrogens with one attached hydrogen (secondary N) is 1. The van der Waals surface area contributed by atoms with Crippen molar-refractivity contribution in [2.24, 2.45) is 0 Å². The minimum atomic E-state index is -0.131. The molecule has 5 heteroatoms. The molecule has 1 atom stereocenters. The highest BCUT2D eigenvalue weighted by molar-refractivity contribution is 8.26. The lowest BCUT2D eigenvalue weighted by Crippen LogP contribution is -2.17. The molecular weight excluding hydrogens is 362 g/mol. The van der Waals surface area contributed by atoms with Gasteiger partial charge >= 0.3 is 0 Å². The summed E-state index contributed by atoms with van der Waals surface area (Å²) < 4.78 is 6.37. The van der Waals surface area contributed by atoms with Gasteiger partial charge in [-0.15, -0.1) is 0 Å². The Morgan fingerprint density at radius 1 is 1.15 bits per heavy atom. The van der Waals surface area contributed by atoms with Crippen molar-refractivity contribution in [2.45, 2.75) is 32.8 Å². The molecule has 1 fully saturated rings. The van der Waals surface area contributed by atoms with E-state index in [0.29, 0.717) is 21.8 Å². The van der Waals surface area contributed by atoms with Gasteiger partial charge in [0.25, 0.3) is 5.91 Å². The molecule has 3 nitrogen and oxygen atoms in total. The third-order valence-corrected chi connectivity index (χ3v) is 5.55. The van der Waals surface area contributed by atoms with E-state index in [2.05, 4.69) is 31.3 Å². The Morgan fingerprint density at radius 2 is 1.85 bits per heavy atom. The zero-order valence-corrected chi connectivity index (χ0v) is 16.5. The first-order chi connectivity index (χ1) is 12.5. The number of hydrogen-bond acceptors (Lipinski definition) is 4. The fourth-order valence-electron chi connectivity index (χ4n) is 2.58. The summed E-state index contributed by atoms with van der Waals surface area (Å²) in [5.74, 6) is 1.31. The lowest BCUT2D eigenvalue weighted by atomic mass is 9.99. The average Bonchev–Trinajstić information content (AvgIpc) is 2.98. The van der Waals surface area contributed by atoms with Crippen molar-refractivity contribution in [1.29, 1.82) is 0 Å². The number of carbonyl (C=O) groups excluding carboxylic acids is 1. The van der Waals surface area contributed by atoms with Crippen molar-refractivity contribution in [3.8, 4) is 5.75 Å². The van der Waals surface area contributed by atoms with Gasteiger partial charge in [-0.05, 0) is 47.2 Å². The highest BCUT2D eigenvalue weighted by Gasteiger charge is 2.21. The smallest absolute Gasteiger partial charge is 0.263 e. The van der Waals surface area contributed by atoms with E-state index in [0.717, 1.165) is 23.3 Å². The number of benzene rings is 2. The van der Waals surface area contributed by atoms with Crippen LogP contribution in [0.1, 0.15) is 42.9 Å². The zero-order chi connectivity index (χ0) is 18.5. The molecule has 1 aliphatic rings. The summed E-state index contributed by atoms with van der Waals surface area (Å²) in [5.41, 5.74) is 3.39. The molecule has 1 saturated heterocycles. The first kappa shape index (κ1) is 18.7. The molecular formula is C21H21NO2S2. The van der Waals surface area contributed by atoms with E-state index < -0.39 is 0 Å². The van der Waals surface area contributed by atoms with Gasteiger partial charge in [0.2, 0.25) is 0 Å². The van der Waals surface area contributed by atoms with Gasteiger partial charge in [-0.25, -0.2) is 0 Å². The second-order valence-electron chi connectivity index (χ2n) is 6.26. The number of carbonyl (C=O) groups is 1. The summed E-state index contributed by atoms with van der Waals surface area (Å²) in [6.07, 6.45) is 2.98. The van der Waals surface area contributed by atoms with Crippen LogP contribution in [0.4, 0.5) is 0 Å². The lowest BCUT2D eigenvalue weighted by molar-refractivity contribution is -0.115. The van der Waals surface area contributed by atoms with E-state index in [9.17, 15) is 4.79 Å². The second-order valence-corrected chi connectivity index (χ2v) is 7.98. The Balaban J connectivity index is 1.59. The predicted molar refractivity (Wildman–Crippen MR) is 112 cm³/mol. The number of ether oxygens (including phenoxy) is 1. The average molecular weight is 384 g/mol. The quantitative estimate of drug-likeness (QED) is 0.545. The number of thiocarbonyl (C=S) groups is 1. The molecule has 3 rings (SSSR count). The van der Waals surface area contributed by atoms with Crippen molar-refractivity contribution in [1.82, 2.24) is 5.32 Å². The van der Waals surface area contributed by atoms with Gasteiger partial charge in [-0.1, -0.05) is 74.2 Å². The molecule has 2 aromatic rings. The molecule has 1 aliphatic heterocycles. The van der Waals surface area contributed by atoms with Crippen LogP contribution in [0.5, 0.6) is 5.75 Å². The van der Waals surface area contributed by atoms with Crippen molar-refractivity contribution in [2.75, 3.05) is 0 Å². The van der Waals surface area contributed by atoms with Crippen molar-refractivity contribution in [3.63, 3.8) is 0 Å². The van der Waals surface area contributed by atoms with E-state index in [-0.39, 0.29) is 5.91 Å². The Hall–Kier alpha value is -2.11. The second kappa shape index (κ2) is 8.52. The molecule has 0 spiro atoms. The number of thioether (sulfide) groups is 1. The maximum absolute atomic E-state index is 11.7. The normalized spacial score (nSPS) is 16.6. The van der Waals surface area contributed by atoms with Crippen LogP contribution in [-0.4, -0.2) is 10.2 Å². The fraction of sp³-hybridized carbons (Fsp3) is 0.238. The van der Waals surface area contributed by atoms with Crippen molar-refractivity contribution < 1.29 is 9.53 Å². The fourth-order valence-corrected chi connectivity index (χ4v) is 3.62. The van der Waals surface area contributed by atoms with Crippen LogP contribution in [-0.2, 0) is 11.4 Å². The van der Waals surface area contributed by atoms with Crippen LogP contribution in [0.2, 0.25) is 0 Å². The zero-order valence-electron chi connectivity index (χ0n) is 14.8. The third-order valence-electron chi connectivity index (χ3n) is 4.39. The molecule has 1 unspecified atom stereocenters. The summed E-state index contributed by atoms with van der Waals surface area (Å²) in [7, 11) is 0. The Bertz CT molecular complexity index is 826. The van der Waals surface area contributed by atoms with Gasteiger partial charge in [-0.3, -0.25) is 4.79 Å². The van der Waals surface area contributed by atoms with Gasteiger partial charge < -0.3 is 10.1 Å². The van der Waals surface area contributed by atoms with E-state index in [1.165, 1.54) is 17.3 Å². The van der Waals surface area contributed by atoms with Crippen LogP contribution in [0.15, 0.2) is 53.4 Å². The van der Waals surface area contributed by atoms with Crippen LogP contribution in [0.3, 0.4) is 0 Å². The summed E-state index contributed by atoms with van der Waals surface area (Å²) in [5, 5.41) is 2.62. The van der Waals surface area contributed by atoms with E-state index in [1.54, 1.807) is 0 Å². The van der Waals surface area contributed by atoms with Crippen LogP contribution in [0, 0.1) is 0 Å². The topological polar surface area (TPSA) is 38.3 Å². The molecule has 0 bridgehead atoms. The number of amides is 1. The van der Waals surface area contributed by atoms with Gasteiger partial charge in [0.15, 0.2) is 0 Å². The van der Waals surface area contributed by atoms with E-state index >= 15 is 0 Å². The first-order valence-electron chi connectivity index (χ1n) is 8.61. The number of hydrogen-bond donors (Lipinski definition) is 1. The standard InChI is InChI=1S/C21H21NO2S2/c1-3-14(2)17-8-10-18(11-9-17)24-13-16-6-4-15(5-7-16)12-19-20(23)22-21(25)26-19/h4-12,14H,3,13H2,1-2H3,(H,22,23,25). The maximum Gasteiger partial charge on any atom is 0.263 e. The molecule has 0 radical (unpaired) electrons. The summed E-state index contributed by atoms with van der Waals surface area (Å²) >= 11 is 6.29. The summed E-state index contributed by atoms with van der Waals surface area (Å²) in [6, 6.07) is 16.3.